The summed E-state index contributed by atoms with van der Waals surface area (Å²) in [5, 5.41) is 3.06. The van der Waals surface area contributed by atoms with E-state index in [0.29, 0.717) is 25.4 Å². The maximum atomic E-state index is 12.5. The van der Waals surface area contributed by atoms with Gasteiger partial charge in [-0.15, -0.1) is 11.3 Å². The molecule has 3 rings (SSSR count). The lowest BCUT2D eigenvalue weighted by atomic mass is 10.2. The van der Waals surface area contributed by atoms with Crippen LogP contribution in [-0.4, -0.2) is 30.1 Å². The van der Waals surface area contributed by atoms with Crippen LogP contribution in [0.15, 0.2) is 53.9 Å². The Morgan fingerprint density at radius 3 is 2.57 bits per heavy atom. The van der Waals surface area contributed by atoms with Gasteiger partial charge in [-0.2, -0.15) is 8.78 Å². The summed E-state index contributed by atoms with van der Waals surface area (Å²) in [5.41, 5.74) is 3.05. The van der Waals surface area contributed by atoms with Crippen molar-refractivity contribution in [1.82, 2.24) is 9.88 Å². The van der Waals surface area contributed by atoms with E-state index in [2.05, 4.69) is 15.0 Å². The smallest absolute Gasteiger partial charge is 0.387 e. The van der Waals surface area contributed by atoms with Crippen LogP contribution < -0.4 is 9.47 Å². The molecule has 28 heavy (non-hydrogen) atoms. The predicted molar refractivity (Wildman–Crippen MR) is 107 cm³/mol. The van der Waals surface area contributed by atoms with Crippen molar-refractivity contribution in [3.05, 3.63) is 65.2 Å². The molecule has 1 aromatic heterocycles. The summed E-state index contributed by atoms with van der Waals surface area (Å²) in [6, 6.07) is 15.1. The Morgan fingerprint density at radius 2 is 1.86 bits per heavy atom. The van der Waals surface area contributed by atoms with Crippen LogP contribution in [0.2, 0.25) is 0 Å². The molecular formula is C21H22F2N2O2S. The van der Waals surface area contributed by atoms with E-state index in [-0.39, 0.29) is 5.75 Å². The maximum Gasteiger partial charge on any atom is 0.387 e. The molecule has 3 aromatic rings. The largest absolute Gasteiger partial charge is 0.490 e. The Kier molecular flexibility index (Phi) is 6.95. The highest BCUT2D eigenvalue weighted by Gasteiger charge is 2.13. The second-order valence-corrected chi connectivity index (χ2v) is 7.13. The van der Waals surface area contributed by atoms with Gasteiger partial charge in [0, 0.05) is 24.0 Å². The number of hydrogen-bond acceptors (Lipinski definition) is 5. The summed E-state index contributed by atoms with van der Waals surface area (Å²) in [5.74, 6) is 0.379. The number of benzene rings is 2. The van der Waals surface area contributed by atoms with E-state index in [4.69, 9.17) is 9.72 Å². The third kappa shape index (κ3) is 5.50. The first-order valence-electron chi connectivity index (χ1n) is 8.94. The molecule has 0 aliphatic carbocycles. The second-order valence-electron chi connectivity index (χ2n) is 6.27. The van der Waals surface area contributed by atoms with Crippen LogP contribution in [0.25, 0.3) is 10.6 Å². The molecule has 4 nitrogen and oxygen atoms in total. The highest BCUT2D eigenvalue weighted by molar-refractivity contribution is 7.13. The molecule has 0 radical (unpaired) electrons. The molecule has 0 saturated heterocycles. The van der Waals surface area contributed by atoms with Crippen LogP contribution in [0.5, 0.6) is 11.5 Å². The molecule has 0 aliphatic rings. The molecule has 0 fully saturated rings. The fourth-order valence-corrected chi connectivity index (χ4v) is 3.67. The molecule has 0 saturated carbocycles. The monoisotopic (exact) mass is 404 g/mol. The number of ether oxygens (including phenoxy) is 2. The lowest BCUT2D eigenvalue weighted by Crippen LogP contribution is -2.17. The van der Waals surface area contributed by atoms with Gasteiger partial charge in [0.25, 0.3) is 0 Å². The molecule has 1 heterocycles. The minimum absolute atomic E-state index is 0.0512. The third-order valence-electron chi connectivity index (χ3n) is 3.98. The van der Waals surface area contributed by atoms with Crippen LogP contribution in [0.4, 0.5) is 8.78 Å². The zero-order valence-electron chi connectivity index (χ0n) is 15.8. The molecule has 7 heteroatoms. The minimum atomic E-state index is -2.88. The van der Waals surface area contributed by atoms with Gasteiger partial charge < -0.3 is 9.47 Å². The molecule has 0 amide bonds. The lowest BCUT2D eigenvalue weighted by molar-refractivity contribution is -0.0514. The van der Waals surface area contributed by atoms with Crippen LogP contribution in [0, 0.1) is 0 Å². The van der Waals surface area contributed by atoms with Gasteiger partial charge in [-0.05, 0) is 31.7 Å². The van der Waals surface area contributed by atoms with Crippen molar-refractivity contribution >= 4 is 11.3 Å². The van der Waals surface area contributed by atoms with Gasteiger partial charge in [-0.3, -0.25) is 4.90 Å². The lowest BCUT2D eigenvalue weighted by Gasteiger charge is -2.17. The average molecular weight is 404 g/mol. The van der Waals surface area contributed by atoms with Crippen molar-refractivity contribution in [1.29, 1.82) is 0 Å². The number of alkyl halides is 2. The topological polar surface area (TPSA) is 34.6 Å². The third-order valence-corrected chi connectivity index (χ3v) is 4.92. The molecule has 2 aromatic carbocycles. The van der Waals surface area contributed by atoms with Gasteiger partial charge in [0.05, 0.1) is 12.3 Å². The molecule has 0 aliphatic heterocycles. The Labute approximate surface area is 167 Å². The van der Waals surface area contributed by atoms with E-state index >= 15 is 0 Å². The minimum Gasteiger partial charge on any atom is -0.490 e. The standard InChI is InChI=1S/C21H22F2N2O2S/c1-3-26-19-11-15(9-10-18(19)27-21(22)23)12-25(2)13-17-14-28-20(24-17)16-7-5-4-6-8-16/h4-11,14,21H,3,12-13H2,1-2H3. The predicted octanol–water partition coefficient (Wildman–Crippen LogP) is 5.44. The molecule has 0 bridgehead atoms. The first-order valence-corrected chi connectivity index (χ1v) is 9.82. The first-order chi connectivity index (χ1) is 13.5. The van der Waals surface area contributed by atoms with E-state index in [1.807, 2.05) is 37.4 Å². The Balaban J connectivity index is 1.65. The van der Waals surface area contributed by atoms with Crippen LogP contribution >= 0.6 is 11.3 Å². The van der Waals surface area contributed by atoms with Gasteiger partial charge in [0.15, 0.2) is 11.5 Å². The summed E-state index contributed by atoms with van der Waals surface area (Å²) in [7, 11) is 1.99. The van der Waals surface area contributed by atoms with Crippen molar-refractivity contribution in [2.75, 3.05) is 13.7 Å². The molecular weight excluding hydrogens is 382 g/mol. The second kappa shape index (κ2) is 9.61. The van der Waals surface area contributed by atoms with Crippen LogP contribution in [0.1, 0.15) is 18.2 Å². The number of halogens is 2. The first kappa shape index (κ1) is 20.2. The zero-order valence-corrected chi connectivity index (χ0v) is 16.6. The molecule has 0 N–H and O–H groups in total. The number of nitrogens with zero attached hydrogens (tertiary/aromatic N) is 2. The van der Waals surface area contributed by atoms with E-state index in [1.165, 1.54) is 6.07 Å². The number of rotatable bonds is 9. The van der Waals surface area contributed by atoms with Crippen molar-refractivity contribution in [3.63, 3.8) is 0 Å². The quantitative estimate of drug-likeness (QED) is 0.475. The fraction of sp³-hybridized carbons (Fsp3) is 0.286. The van der Waals surface area contributed by atoms with Crippen LogP contribution in [0.3, 0.4) is 0 Å². The maximum absolute atomic E-state index is 12.5. The molecule has 0 atom stereocenters. The van der Waals surface area contributed by atoms with Crippen molar-refractivity contribution in [2.24, 2.45) is 0 Å². The summed E-state index contributed by atoms with van der Waals surface area (Å²) in [4.78, 5) is 6.82. The van der Waals surface area contributed by atoms with E-state index in [0.717, 1.165) is 21.8 Å². The van der Waals surface area contributed by atoms with E-state index < -0.39 is 6.61 Å². The summed E-state index contributed by atoms with van der Waals surface area (Å²) in [6.45, 7) is 0.615. The SMILES string of the molecule is CCOc1cc(CN(C)Cc2csc(-c3ccccc3)n2)ccc1OC(F)F. The highest BCUT2D eigenvalue weighted by atomic mass is 32.1. The Bertz CT molecular complexity index is 887. The van der Waals surface area contributed by atoms with E-state index in [9.17, 15) is 8.78 Å². The van der Waals surface area contributed by atoms with E-state index in [1.54, 1.807) is 30.4 Å². The Hall–Kier alpha value is -2.51. The number of thiazole rings is 1. The highest BCUT2D eigenvalue weighted by Crippen LogP contribution is 2.30. The summed E-state index contributed by atoms with van der Waals surface area (Å²) in [6.07, 6.45) is 0. The molecule has 148 valence electrons. The van der Waals surface area contributed by atoms with Gasteiger partial charge >= 0.3 is 6.61 Å². The zero-order chi connectivity index (χ0) is 19.9. The molecule has 0 spiro atoms. The average Bonchev–Trinajstić information content (AvgIpc) is 3.13. The van der Waals surface area contributed by atoms with Crippen molar-refractivity contribution in [2.45, 2.75) is 26.6 Å². The summed E-state index contributed by atoms with van der Waals surface area (Å²) >= 11 is 1.62. The number of hydrogen-bond donors (Lipinski definition) is 0. The van der Waals surface area contributed by atoms with Crippen molar-refractivity contribution < 1.29 is 18.3 Å². The normalized spacial score (nSPS) is 11.2. The van der Waals surface area contributed by atoms with Gasteiger partial charge in [0.1, 0.15) is 5.01 Å². The fourth-order valence-electron chi connectivity index (χ4n) is 2.85. The molecule has 0 unspecified atom stereocenters. The number of aromatic nitrogens is 1. The van der Waals surface area contributed by atoms with Gasteiger partial charge in [0.2, 0.25) is 0 Å². The van der Waals surface area contributed by atoms with Crippen LogP contribution in [-0.2, 0) is 13.1 Å². The van der Waals surface area contributed by atoms with Gasteiger partial charge in [-0.25, -0.2) is 4.98 Å². The van der Waals surface area contributed by atoms with Crippen molar-refractivity contribution in [3.8, 4) is 22.1 Å². The summed E-state index contributed by atoms with van der Waals surface area (Å²) < 4.78 is 35.0. The van der Waals surface area contributed by atoms with Gasteiger partial charge in [-0.1, -0.05) is 36.4 Å². The Morgan fingerprint density at radius 1 is 1.07 bits per heavy atom.